The lowest BCUT2D eigenvalue weighted by Gasteiger charge is -2.23. The molecule has 2 aromatic rings. The molecule has 5 heteroatoms. The zero-order valence-electron chi connectivity index (χ0n) is 13.5. The van der Waals surface area contributed by atoms with E-state index < -0.39 is 0 Å². The minimum Gasteiger partial charge on any atom is -0.439 e. The predicted molar refractivity (Wildman–Crippen MR) is 92.0 cm³/mol. The van der Waals surface area contributed by atoms with E-state index in [0.717, 1.165) is 38.0 Å². The van der Waals surface area contributed by atoms with Gasteiger partial charge < -0.3 is 15.4 Å². The average Bonchev–Trinajstić information content (AvgIpc) is 3.30. The van der Waals surface area contributed by atoms with E-state index in [2.05, 4.69) is 15.6 Å². The molecule has 124 valence electrons. The molecule has 0 radical (unpaired) electrons. The maximum atomic E-state index is 12.5. The minimum absolute atomic E-state index is 0.131. The van der Waals surface area contributed by atoms with Gasteiger partial charge in [-0.15, -0.1) is 0 Å². The monoisotopic (exact) mass is 323 g/mol. The molecule has 2 N–H and O–H groups in total. The van der Waals surface area contributed by atoms with Gasteiger partial charge in [0, 0.05) is 29.9 Å². The number of pyridine rings is 1. The third-order valence-electron chi connectivity index (χ3n) is 5.07. The van der Waals surface area contributed by atoms with Gasteiger partial charge in [0.1, 0.15) is 5.75 Å². The number of piperidine rings is 1. The summed E-state index contributed by atoms with van der Waals surface area (Å²) in [5, 5.41) is 6.41. The van der Waals surface area contributed by atoms with E-state index in [4.69, 9.17) is 4.74 Å². The molecule has 1 atom stereocenters. The van der Waals surface area contributed by atoms with Gasteiger partial charge >= 0.3 is 0 Å². The molecule has 1 spiro atoms. The summed E-state index contributed by atoms with van der Waals surface area (Å²) in [6.45, 7) is 2.05. The molecule has 24 heavy (non-hydrogen) atoms. The molecular weight excluding hydrogens is 302 g/mol. The van der Waals surface area contributed by atoms with Gasteiger partial charge in [-0.3, -0.25) is 4.79 Å². The first-order chi connectivity index (χ1) is 11.8. The Morgan fingerprint density at radius 3 is 2.88 bits per heavy atom. The Morgan fingerprint density at radius 1 is 1.21 bits per heavy atom. The van der Waals surface area contributed by atoms with Crippen molar-refractivity contribution in [1.29, 1.82) is 0 Å². The highest BCUT2D eigenvalue weighted by Crippen LogP contribution is 2.58. The summed E-state index contributed by atoms with van der Waals surface area (Å²) < 4.78 is 5.72. The smallest absolute Gasteiger partial charge is 0.228 e. The Bertz CT molecular complexity index is 726. The van der Waals surface area contributed by atoms with Gasteiger partial charge in [-0.2, -0.15) is 0 Å². The fourth-order valence-corrected chi connectivity index (χ4v) is 3.59. The van der Waals surface area contributed by atoms with Crippen molar-refractivity contribution < 1.29 is 9.53 Å². The molecule has 1 saturated carbocycles. The van der Waals surface area contributed by atoms with Crippen molar-refractivity contribution >= 4 is 11.6 Å². The Hall–Kier alpha value is -2.40. The number of hydrogen-bond acceptors (Lipinski definition) is 4. The van der Waals surface area contributed by atoms with Gasteiger partial charge in [0.05, 0.1) is 0 Å². The van der Waals surface area contributed by atoms with Crippen LogP contribution in [0.3, 0.4) is 0 Å². The van der Waals surface area contributed by atoms with Crippen molar-refractivity contribution in [3.05, 3.63) is 48.7 Å². The summed E-state index contributed by atoms with van der Waals surface area (Å²) >= 11 is 0. The molecule has 2 heterocycles. The van der Waals surface area contributed by atoms with E-state index in [1.54, 1.807) is 12.3 Å². The van der Waals surface area contributed by atoms with Crippen LogP contribution in [0.2, 0.25) is 0 Å². The lowest BCUT2D eigenvalue weighted by Crippen LogP contribution is -2.31. The van der Waals surface area contributed by atoms with Crippen molar-refractivity contribution in [2.24, 2.45) is 11.3 Å². The number of amides is 1. The molecule has 2 fully saturated rings. The molecular formula is C19H21N3O2. The third-order valence-corrected chi connectivity index (χ3v) is 5.07. The Kier molecular flexibility index (Phi) is 3.94. The fraction of sp³-hybridized carbons (Fsp3) is 0.368. The van der Waals surface area contributed by atoms with Crippen LogP contribution in [0, 0.1) is 11.3 Å². The normalized spacial score (nSPS) is 21.2. The number of rotatable bonds is 4. The van der Waals surface area contributed by atoms with Gasteiger partial charge in [-0.25, -0.2) is 4.98 Å². The minimum atomic E-state index is 0.131. The van der Waals surface area contributed by atoms with Crippen LogP contribution in [0.15, 0.2) is 48.7 Å². The summed E-state index contributed by atoms with van der Waals surface area (Å²) in [6.07, 6.45) is 4.92. The highest BCUT2D eigenvalue weighted by Gasteiger charge is 2.57. The molecule has 1 aromatic carbocycles. The van der Waals surface area contributed by atoms with Crippen molar-refractivity contribution in [3.63, 3.8) is 0 Å². The second-order valence-corrected chi connectivity index (χ2v) is 6.66. The maximum absolute atomic E-state index is 12.5. The first-order valence-corrected chi connectivity index (χ1v) is 8.46. The topological polar surface area (TPSA) is 63.2 Å². The number of carbonyl (C=O) groups is 1. The highest BCUT2D eigenvalue weighted by molar-refractivity contribution is 5.95. The number of carbonyl (C=O) groups excluding carboxylic acids is 1. The Balaban J connectivity index is 1.40. The number of anilines is 1. The van der Waals surface area contributed by atoms with Crippen LogP contribution in [0.1, 0.15) is 19.3 Å². The fourth-order valence-electron chi connectivity index (χ4n) is 3.59. The molecule has 1 unspecified atom stereocenters. The molecule has 0 bridgehead atoms. The first-order valence-electron chi connectivity index (χ1n) is 8.46. The highest BCUT2D eigenvalue weighted by atomic mass is 16.5. The van der Waals surface area contributed by atoms with Crippen molar-refractivity contribution in [2.45, 2.75) is 19.3 Å². The van der Waals surface area contributed by atoms with E-state index >= 15 is 0 Å². The Morgan fingerprint density at radius 2 is 2.08 bits per heavy atom. The number of benzene rings is 1. The van der Waals surface area contributed by atoms with Gasteiger partial charge in [-0.05, 0) is 56.0 Å². The van der Waals surface area contributed by atoms with Gasteiger partial charge in [0.15, 0.2) is 0 Å². The van der Waals surface area contributed by atoms with Crippen LogP contribution in [-0.2, 0) is 4.79 Å². The summed E-state index contributed by atoms with van der Waals surface area (Å²) in [5.41, 5.74) is 1.02. The molecule has 1 aliphatic heterocycles. The summed E-state index contributed by atoms with van der Waals surface area (Å²) in [6, 6.07) is 13.0. The predicted octanol–water partition coefficient (Wildman–Crippen LogP) is 3.20. The van der Waals surface area contributed by atoms with Crippen LogP contribution in [-0.4, -0.2) is 24.0 Å². The number of ether oxygens (including phenoxy) is 1. The number of hydrogen-bond donors (Lipinski definition) is 2. The zero-order valence-corrected chi connectivity index (χ0v) is 13.5. The van der Waals surface area contributed by atoms with Crippen molar-refractivity contribution in [2.75, 3.05) is 18.4 Å². The van der Waals surface area contributed by atoms with Crippen LogP contribution in [0.25, 0.3) is 0 Å². The SMILES string of the molecule is O=C(Nc1cccc(Oc2ccccn2)c1)C1CC12CCNCC2. The quantitative estimate of drug-likeness (QED) is 0.907. The lowest BCUT2D eigenvalue weighted by atomic mass is 9.92. The third kappa shape index (κ3) is 3.12. The Labute approximate surface area is 141 Å². The molecule has 4 rings (SSSR count). The number of nitrogens with one attached hydrogen (secondary N) is 2. The summed E-state index contributed by atoms with van der Waals surface area (Å²) in [7, 11) is 0. The summed E-state index contributed by atoms with van der Waals surface area (Å²) in [4.78, 5) is 16.7. The van der Waals surface area contributed by atoms with E-state index in [1.165, 1.54) is 0 Å². The van der Waals surface area contributed by atoms with Crippen LogP contribution in [0.5, 0.6) is 11.6 Å². The van der Waals surface area contributed by atoms with Crippen LogP contribution in [0.4, 0.5) is 5.69 Å². The van der Waals surface area contributed by atoms with Gasteiger partial charge in [0.25, 0.3) is 0 Å². The van der Waals surface area contributed by atoms with Crippen LogP contribution >= 0.6 is 0 Å². The largest absolute Gasteiger partial charge is 0.439 e. The van der Waals surface area contributed by atoms with Gasteiger partial charge in [-0.1, -0.05) is 12.1 Å². The van der Waals surface area contributed by atoms with Crippen LogP contribution < -0.4 is 15.4 Å². The van der Waals surface area contributed by atoms with Gasteiger partial charge in [0.2, 0.25) is 11.8 Å². The van der Waals surface area contributed by atoms with E-state index in [9.17, 15) is 4.79 Å². The van der Waals surface area contributed by atoms with Crippen molar-refractivity contribution in [3.8, 4) is 11.6 Å². The zero-order chi connectivity index (χ0) is 16.4. The average molecular weight is 323 g/mol. The molecule has 2 aliphatic rings. The molecule has 1 amide bonds. The molecule has 5 nitrogen and oxygen atoms in total. The van der Waals surface area contributed by atoms with E-state index in [0.29, 0.717) is 11.6 Å². The molecule has 1 aromatic heterocycles. The number of nitrogens with zero attached hydrogens (tertiary/aromatic N) is 1. The second kappa shape index (κ2) is 6.24. The maximum Gasteiger partial charge on any atom is 0.228 e. The van der Waals surface area contributed by atoms with E-state index in [-0.39, 0.29) is 17.2 Å². The molecule has 1 saturated heterocycles. The lowest BCUT2D eigenvalue weighted by molar-refractivity contribution is -0.118. The summed E-state index contributed by atoms with van der Waals surface area (Å²) in [5.74, 6) is 1.49. The molecule has 1 aliphatic carbocycles. The van der Waals surface area contributed by atoms with E-state index in [1.807, 2.05) is 36.4 Å². The second-order valence-electron chi connectivity index (χ2n) is 6.66. The number of aromatic nitrogens is 1. The van der Waals surface area contributed by atoms with Crippen molar-refractivity contribution in [1.82, 2.24) is 10.3 Å². The standard InChI is InChI=1S/C19H21N3O2/c23-18(16-13-19(16)7-10-20-11-8-19)22-14-4-3-5-15(12-14)24-17-6-1-2-9-21-17/h1-6,9,12,16,20H,7-8,10-11,13H2,(H,22,23). The first kappa shape index (κ1) is 15.1.